The number of esters is 1. The monoisotopic (exact) mass is 618 g/mol. The molecule has 3 aromatic carbocycles. The van der Waals surface area contributed by atoms with E-state index in [0.29, 0.717) is 50.3 Å². The number of rotatable bonds is 10. The largest absolute Gasteiger partial charge is 0.497 e. The van der Waals surface area contributed by atoms with Gasteiger partial charge in [-0.15, -0.1) is 0 Å². The van der Waals surface area contributed by atoms with Crippen LogP contribution < -0.4 is 29.1 Å². The summed E-state index contributed by atoms with van der Waals surface area (Å²) in [6, 6.07) is 19.6. The average Bonchev–Trinajstić information content (AvgIpc) is 3.30. The third-order valence-electron chi connectivity index (χ3n) is 6.85. The number of aryl methyl sites for hydroxylation is 1. The van der Waals surface area contributed by atoms with Crippen molar-refractivity contribution in [2.45, 2.75) is 26.8 Å². The van der Waals surface area contributed by atoms with E-state index >= 15 is 0 Å². The minimum absolute atomic E-state index is 0.209. The Hall–Kier alpha value is -4.34. The molecule has 0 spiro atoms. The summed E-state index contributed by atoms with van der Waals surface area (Å²) in [6.45, 7) is 6.34. The zero-order valence-electron chi connectivity index (χ0n) is 24.3. The number of hydrogen-bond donors (Lipinski definition) is 0. The molecule has 10 heteroatoms. The number of thiazole rings is 1. The van der Waals surface area contributed by atoms with E-state index < -0.39 is 12.0 Å². The van der Waals surface area contributed by atoms with Crippen LogP contribution in [0.4, 0.5) is 0 Å². The van der Waals surface area contributed by atoms with E-state index in [-0.39, 0.29) is 12.2 Å². The van der Waals surface area contributed by atoms with Gasteiger partial charge in [-0.25, -0.2) is 9.79 Å². The Morgan fingerprint density at radius 2 is 1.70 bits per heavy atom. The molecule has 5 rings (SSSR count). The van der Waals surface area contributed by atoms with Gasteiger partial charge in [0, 0.05) is 5.02 Å². The van der Waals surface area contributed by atoms with Crippen molar-refractivity contribution in [3.05, 3.63) is 119 Å². The maximum atomic E-state index is 13.9. The fraction of sp³-hybridized carbons (Fsp3) is 0.242. The smallest absolute Gasteiger partial charge is 0.338 e. The third kappa shape index (κ3) is 6.68. The van der Waals surface area contributed by atoms with Crippen LogP contribution in [0.2, 0.25) is 5.02 Å². The van der Waals surface area contributed by atoms with Crippen LogP contribution in [0.25, 0.3) is 6.08 Å². The summed E-state index contributed by atoms with van der Waals surface area (Å²) in [5, 5.41) is 0.693. The highest BCUT2D eigenvalue weighted by molar-refractivity contribution is 7.07. The maximum Gasteiger partial charge on any atom is 0.338 e. The van der Waals surface area contributed by atoms with Crippen LogP contribution in [0.5, 0.6) is 17.2 Å². The number of allylic oxidation sites excluding steroid dienone is 1. The fourth-order valence-corrected chi connectivity index (χ4v) is 5.93. The minimum atomic E-state index is -0.692. The van der Waals surface area contributed by atoms with Crippen molar-refractivity contribution in [3.8, 4) is 17.2 Å². The minimum Gasteiger partial charge on any atom is -0.497 e. The molecule has 0 N–H and O–H groups in total. The van der Waals surface area contributed by atoms with Gasteiger partial charge in [0.1, 0.15) is 30.5 Å². The molecular weight excluding hydrogens is 588 g/mol. The number of aromatic nitrogens is 1. The average molecular weight is 619 g/mol. The van der Waals surface area contributed by atoms with E-state index in [1.807, 2.05) is 55.5 Å². The summed E-state index contributed by atoms with van der Waals surface area (Å²) >= 11 is 7.35. The predicted octanol–water partition coefficient (Wildman–Crippen LogP) is 5.23. The molecule has 43 heavy (non-hydrogen) atoms. The Morgan fingerprint density at radius 1 is 1.00 bits per heavy atom. The Morgan fingerprint density at radius 3 is 2.37 bits per heavy atom. The summed E-state index contributed by atoms with van der Waals surface area (Å²) in [7, 11) is 1.59. The first-order chi connectivity index (χ1) is 20.8. The topological polar surface area (TPSA) is 88.4 Å². The number of halogens is 1. The van der Waals surface area contributed by atoms with Crippen LogP contribution in [-0.2, 0) is 9.53 Å². The lowest BCUT2D eigenvalue weighted by molar-refractivity contribution is -0.139. The van der Waals surface area contributed by atoms with Gasteiger partial charge in [0.15, 0.2) is 4.80 Å². The summed E-state index contributed by atoms with van der Waals surface area (Å²) in [4.78, 5) is 32.1. The van der Waals surface area contributed by atoms with E-state index in [4.69, 9.17) is 30.5 Å². The van der Waals surface area contributed by atoms with Gasteiger partial charge in [0.05, 0.1) is 35.6 Å². The Bertz CT molecular complexity index is 1860. The van der Waals surface area contributed by atoms with Gasteiger partial charge in [-0.1, -0.05) is 47.2 Å². The fourth-order valence-electron chi connectivity index (χ4n) is 4.76. The van der Waals surface area contributed by atoms with Gasteiger partial charge in [-0.2, -0.15) is 0 Å². The van der Waals surface area contributed by atoms with Gasteiger partial charge in [0.25, 0.3) is 5.56 Å². The molecule has 222 valence electrons. The molecule has 2 heterocycles. The first kappa shape index (κ1) is 30.1. The van der Waals surface area contributed by atoms with E-state index in [0.717, 1.165) is 22.4 Å². The summed E-state index contributed by atoms with van der Waals surface area (Å²) in [5.41, 5.74) is 3.07. The third-order valence-corrected chi connectivity index (χ3v) is 8.26. The second kappa shape index (κ2) is 13.3. The van der Waals surface area contributed by atoms with Crippen molar-refractivity contribution in [2.75, 3.05) is 26.9 Å². The zero-order valence-corrected chi connectivity index (χ0v) is 25.8. The van der Waals surface area contributed by atoms with Crippen LogP contribution in [0.15, 0.2) is 87.8 Å². The number of carbonyl (C=O) groups excluding carboxylic acids is 1. The summed E-state index contributed by atoms with van der Waals surface area (Å²) in [6.07, 6.45) is 1.80. The van der Waals surface area contributed by atoms with Gasteiger partial charge in [0.2, 0.25) is 0 Å². The number of ether oxygens (including phenoxy) is 4. The molecule has 0 fully saturated rings. The van der Waals surface area contributed by atoms with Gasteiger partial charge >= 0.3 is 5.97 Å². The van der Waals surface area contributed by atoms with Crippen LogP contribution in [0, 0.1) is 6.92 Å². The summed E-state index contributed by atoms with van der Waals surface area (Å²) < 4.78 is 24.4. The molecule has 0 amide bonds. The highest BCUT2D eigenvalue weighted by atomic mass is 35.5. The lowest BCUT2D eigenvalue weighted by atomic mass is 9.96. The van der Waals surface area contributed by atoms with Crippen molar-refractivity contribution in [3.63, 3.8) is 0 Å². The van der Waals surface area contributed by atoms with E-state index in [1.54, 1.807) is 49.8 Å². The highest BCUT2D eigenvalue weighted by Gasteiger charge is 2.33. The van der Waals surface area contributed by atoms with Crippen molar-refractivity contribution in [1.82, 2.24) is 4.57 Å². The quantitative estimate of drug-likeness (QED) is 0.179. The molecular formula is C33H31ClN2O6S. The van der Waals surface area contributed by atoms with Crippen molar-refractivity contribution < 1.29 is 23.7 Å². The first-order valence-electron chi connectivity index (χ1n) is 13.7. The molecule has 8 nitrogen and oxygen atoms in total. The van der Waals surface area contributed by atoms with Crippen LogP contribution in [0.3, 0.4) is 0 Å². The van der Waals surface area contributed by atoms with Gasteiger partial charge in [-0.3, -0.25) is 9.36 Å². The lowest BCUT2D eigenvalue weighted by Crippen LogP contribution is -2.39. The maximum absolute atomic E-state index is 13.9. The molecule has 0 unspecified atom stereocenters. The Kier molecular flexibility index (Phi) is 9.33. The lowest BCUT2D eigenvalue weighted by Gasteiger charge is -2.24. The highest BCUT2D eigenvalue weighted by Crippen LogP contribution is 2.31. The second-order valence-electron chi connectivity index (χ2n) is 9.76. The number of nitrogens with zero attached hydrogens (tertiary/aromatic N) is 2. The normalized spacial score (nSPS) is 14.6. The first-order valence-corrected chi connectivity index (χ1v) is 14.9. The molecule has 1 aliphatic heterocycles. The van der Waals surface area contributed by atoms with Crippen molar-refractivity contribution >= 4 is 35.0 Å². The van der Waals surface area contributed by atoms with Gasteiger partial charge in [-0.05, 0) is 86.0 Å². The number of methoxy groups -OCH3 is 1. The number of fused-ring (bicyclic) bond motifs is 1. The molecule has 0 bridgehead atoms. The molecule has 1 atom stereocenters. The van der Waals surface area contributed by atoms with Crippen LogP contribution in [-0.4, -0.2) is 37.5 Å². The SMILES string of the molecule is CCOC(=O)C1=C(C)N=c2s/c(=C/c3cccc(OCCOc4ccc(Cl)c(C)c4)c3)c(=O)n2[C@@H]1c1ccc(OC)cc1. The number of carbonyl (C=O) groups is 1. The van der Waals surface area contributed by atoms with Crippen molar-refractivity contribution in [1.29, 1.82) is 0 Å². The molecule has 4 aromatic rings. The van der Waals surface area contributed by atoms with Crippen molar-refractivity contribution in [2.24, 2.45) is 4.99 Å². The molecule has 1 aliphatic rings. The Balaban J connectivity index is 1.42. The van der Waals surface area contributed by atoms with Gasteiger partial charge < -0.3 is 18.9 Å². The molecule has 1 aromatic heterocycles. The van der Waals surface area contributed by atoms with Crippen LogP contribution in [0.1, 0.15) is 36.6 Å². The van der Waals surface area contributed by atoms with E-state index in [9.17, 15) is 9.59 Å². The number of benzene rings is 3. The predicted molar refractivity (Wildman–Crippen MR) is 167 cm³/mol. The standard InChI is InChI=1S/C33H31ClN2O6S/c1-5-40-32(38)29-21(3)35-33-36(30(29)23-9-11-24(39-4)12-10-23)31(37)28(43-33)19-22-7-6-8-25(18-22)41-15-16-42-26-13-14-27(34)20(2)17-26/h6-14,17-19,30H,5,15-16H2,1-4H3/b28-19+/t30-/m1/s1. The molecule has 0 radical (unpaired) electrons. The summed E-state index contributed by atoms with van der Waals surface area (Å²) in [5.74, 6) is 1.54. The zero-order chi connectivity index (χ0) is 30.5. The molecule has 0 saturated carbocycles. The Labute approximate surface area is 258 Å². The van der Waals surface area contributed by atoms with E-state index in [1.165, 1.54) is 11.3 Å². The molecule has 0 saturated heterocycles. The number of hydrogen-bond acceptors (Lipinski definition) is 8. The second-order valence-corrected chi connectivity index (χ2v) is 11.2. The van der Waals surface area contributed by atoms with Crippen LogP contribution >= 0.6 is 22.9 Å². The van der Waals surface area contributed by atoms with E-state index in [2.05, 4.69) is 4.99 Å². The molecule has 0 aliphatic carbocycles.